The van der Waals surface area contributed by atoms with E-state index in [0.29, 0.717) is 17.6 Å². The molecule has 0 rings (SSSR count). The summed E-state index contributed by atoms with van der Waals surface area (Å²) in [6.45, 7) is 5.45. The van der Waals surface area contributed by atoms with E-state index in [1.165, 1.54) is 89.9 Å². The summed E-state index contributed by atoms with van der Waals surface area (Å²) in [4.78, 5) is 22.9. The van der Waals surface area contributed by atoms with Gasteiger partial charge in [-0.25, -0.2) is 4.57 Å². The van der Waals surface area contributed by atoms with Crippen LogP contribution in [0.4, 0.5) is 0 Å². The van der Waals surface area contributed by atoms with Crippen LogP contribution in [0.25, 0.3) is 0 Å². The number of phosphoric ester groups is 1. The molecule has 0 saturated carbocycles. The number of nitrogens with zero attached hydrogens (tertiary/aromatic N) is 1. The van der Waals surface area contributed by atoms with Crippen LogP contribution >= 0.6 is 7.82 Å². The third-order valence-corrected chi connectivity index (χ3v) is 10.7. The Labute approximate surface area is 363 Å². The minimum atomic E-state index is -4.29. The highest BCUT2D eigenvalue weighted by atomic mass is 31.2. The second-order valence-corrected chi connectivity index (χ2v) is 18.2. The van der Waals surface area contributed by atoms with E-state index in [1.54, 1.807) is 0 Å². The highest BCUT2D eigenvalue weighted by Gasteiger charge is 2.26. The zero-order valence-electron chi connectivity index (χ0n) is 38.7. The lowest BCUT2D eigenvalue weighted by Gasteiger charge is -2.24. The molecule has 2 atom stereocenters. The third-order valence-electron chi connectivity index (χ3n) is 9.75. The second-order valence-electron chi connectivity index (χ2n) is 16.8. The van der Waals surface area contributed by atoms with Crippen LogP contribution in [-0.2, 0) is 27.9 Å². The maximum absolute atomic E-state index is 12.7. The number of carbonyl (C=O) groups excluding carboxylic acids is 1. The van der Waals surface area contributed by atoms with Crippen LogP contribution in [0.2, 0.25) is 0 Å². The van der Waals surface area contributed by atoms with Gasteiger partial charge in [0.1, 0.15) is 19.3 Å². The van der Waals surface area contributed by atoms with Crippen molar-refractivity contribution in [3.8, 4) is 0 Å². The predicted octanol–water partition coefficient (Wildman–Crippen LogP) is 14.3. The molecule has 0 aliphatic rings. The van der Waals surface area contributed by atoms with Gasteiger partial charge in [-0.2, -0.15) is 0 Å². The molecular formula is C50H91NO7P+. The van der Waals surface area contributed by atoms with Crippen molar-refractivity contribution < 1.29 is 37.3 Å². The standard InChI is InChI=1S/C50H90NO7P/c1-6-8-10-12-14-16-18-20-22-24-26-27-29-31-33-35-37-39-41-43-50(52)58-49(48-57-59(53,54)56-46-44-51(3,4)5)47-55-45-42-40-38-36-34-32-30-28-25-23-21-19-17-15-13-11-9-7-2/h8,10,14,16,20-23,26-27,31,33,49H,6-7,9,11-13,15,17-19,24-25,28-30,32,34-48H2,1-5H3/p+1/b10-8-,16-14-,22-20-,23-21-,27-26-,33-31-. The van der Waals surface area contributed by atoms with Gasteiger partial charge in [-0.1, -0.05) is 164 Å². The zero-order valence-corrected chi connectivity index (χ0v) is 39.6. The molecule has 0 aromatic rings. The molecule has 342 valence electrons. The molecular weight excluding hydrogens is 758 g/mol. The molecule has 0 radical (unpaired) electrons. The largest absolute Gasteiger partial charge is 0.472 e. The summed E-state index contributed by atoms with van der Waals surface area (Å²) in [5, 5.41) is 0. The topological polar surface area (TPSA) is 91.3 Å². The van der Waals surface area contributed by atoms with Gasteiger partial charge in [-0.3, -0.25) is 13.8 Å². The molecule has 0 amide bonds. The first-order chi connectivity index (χ1) is 28.6. The Kier molecular flexibility index (Phi) is 41.1. The van der Waals surface area contributed by atoms with Crippen molar-refractivity contribution in [2.24, 2.45) is 0 Å². The highest BCUT2D eigenvalue weighted by molar-refractivity contribution is 7.47. The molecule has 0 fully saturated rings. The summed E-state index contributed by atoms with van der Waals surface area (Å²) >= 11 is 0. The molecule has 1 N–H and O–H groups in total. The average molecular weight is 849 g/mol. The SMILES string of the molecule is CC/C=C\C/C=C\C/C=C\C/C=C\C/C=C\CCCCCC(=O)OC(COCCCCCCCCCC/C=C\CCCCCCCC)COP(=O)(O)OCC[N+](C)(C)C. The number of carbonyl (C=O) groups is 1. The van der Waals surface area contributed by atoms with Gasteiger partial charge in [-0.05, 0) is 83.5 Å². The molecule has 8 nitrogen and oxygen atoms in total. The molecule has 59 heavy (non-hydrogen) atoms. The van der Waals surface area contributed by atoms with E-state index in [-0.39, 0.29) is 32.2 Å². The molecule has 9 heteroatoms. The smallest absolute Gasteiger partial charge is 0.457 e. The number of allylic oxidation sites excluding steroid dienone is 12. The van der Waals surface area contributed by atoms with Crippen LogP contribution < -0.4 is 0 Å². The molecule has 0 heterocycles. The molecule has 0 bridgehead atoms. The highest BCUT2D eigenvalue weighted by Crippen LogP contribution is 2.43. The molecule has 2 unspecified atom stereocenters. The molecule has 0 aliphatic heterocycles. The third kappa shape index (κ3) is 46.9. The number of rotatable bonds is 43. The van der Waals surface area contributed by atoms with E-state index >= 15 is 0 Å². The minimum Gasteiger partial charge on any atom is -0.457 e. The quantitative estimate of drug-likeness (QED) is 0.0215. The Morgan fingerprint density at radius 3 is 1.49 bits per heavy atom. The predicted molar refractivity (Wildman–Crippen MR) is 252 cm³/mol. The maximum Gasteiger partial charge on any atom is 0.472 e. The molecule has 0 spiro atoms. The van der Waals surface area contributed by atoms with Crippen molar-refractivity contribution in [2.45, 2.75) is 187 Å². The van der Waals surface area contributed by atoms with Crippen LogP contribution in [0.1, 0.15) is 181 Å². The van der Waals surface area contributed by atoms with Gasteiger partial charge in [0.2, 0.25) is 0 Å². The second kappa shape index (κ2) is 42.6. The first-order valence-corrected chi connectivity index (χ1v) is 25.2. The van der Waals surface area contributed by atoms with Crippen molar-refractivity contribution in [1.82, 2.24) is 0 Å². The Bertz CT molecular complexity index is 1170. The number of esters is 1. The summed E-state index contributed by atoms with van der Waals surface area (Å²) in [6.07, 6.45) is 55.1. The number of likely N-dealkylation sites (N-methyl/N-ethyl adjacent to an activating group) is 1. The first kappa shape index (κ1) is 56.9. The van der Waals surface area contributed by atoms with Gasteiger partial charge >= 0.3 is 13.8 Å². The lowest BCUT2D eigenvalue weighted by molar-refractivity contribution is -0.870. The van der Waals surface area contributed by atoms with Crippen molar-refractivity contribution in [3.63, 3.8) is 0 Å². The van der Waals surface area contributed by atoms with Gasteiger partial charge in [0.25, 0.3) is 0 Å². The van der Waals surface area contributed by atoms with Crippen LogP contribution in [0.3, 0.4) is 0 Å². The van der Waals surface area contributed by atoms with Gasteiger partial charge in [0.15, 0.2) is 0 Å². The Morgan fingerprint density at radius 1 is 0.542 bits per heavy atom. The number of phosphoric acid groups is 1. The van der Waals surface area contributed by atoms with Crippen LogP contribution in [0.15, 0.2) is 72.9 Å². The van der Waals surface area contributed by atoms with Crippen LogP contribution in [0, 0.1) is 0 Å². The monoisotopic (exact) mass is 849 g/mol. The normalized spacial score (nSPS) is 14.3. The number of hydrogen-bond acceptors (Lipinski definition) is 6. The van der Waals surface area contributed by atoms with Crippen LogP contribution in [0.5, 0.6) is 0 Å². The Hall–Kier alpha value is -2.06. The van der Waals surface area contributed by atoms with Crippen molar-refractivity contribution in [2.75, 3.05) is 54.1 Å². The lowest BCUT2D eigenvalue weighted by Crippen LogP contribution is -2.37. The summed E-state index contributed by atoms with van der Waals surface area (Å²) in [7, 11) is 1.63. The lowest BCUT2D eigenvalue weighted by atomic mass is 10.1. The average Bonchev–Trinajstić information content (AvgIpc) is 3.19. The van der Waals surface area contributed by atoms with Crippen molar-refractivity contribution >= 4 is 13.8 Å². The molecule has 0 aromatic heterocycles. The Morgan fingerprint density at radius 2 is 0.983 bits per heavy atom. The maximum atomic E-state index is 12.7. The van der Waals surface area contributed by atoms with Gasteiger partial charge in [0.05, 0.1) is 34.4 Å². The van der Waals surface area contributed by atoms with Crippen molar-refractivity contribution in [3.05, 3.63) is 72.9 Å². The summed E-state index contributed by atoms with van der Waals surface area (Å²) in [5.74, 6) is -0.347. The molecule has 0 saturated heterocycles. The Balaban J connectivity index is 4.28. The number of quaternary nitrogens is 1. The molecule has 0 aliphatic carbocycles. The van der Waals surface area contributed by atoms with E-state index in [2.05, 4.69) is 86.8 Å². The van der Waals surface area contributed by atoms with Gasteiger partial charge in [-0.15, -0.1) is 0 Å². The fraction of sp³-hybridized carbons (Fsp3) is 0.740. The van der Waals surface area contributed by atoms with E-state index in [4.69, 9.17) is 18.5 Å². The number of hydrogen-bond donors (Lipinski definition) is 1. The van der Waals surface area contributed by atoms with E-state index in [1.807, 2.05) is 21.1 Å². The number of unbranched alkanes of at least 4 members (excludes halogenated alkanes) is 17. The van der Waals surface area contributed by atoms with Gasteiger partial charge in [0, 0.05) is 13.0 Å². The fourth-order valence-electron chi connectivity index (χ4n) is 6.10. The van der Waals surface area contributed by atoms with E-state index in [9.17, 15) is 14.3 Å². The summed E-state index contributed by atoms with van der Waals surface area (Å²) in [5.41, 5.74) is 0. The zero-order chi connectivity index (χ0) is 43.4. The minimum absolute atomic E-state index is 0.0779. The van der Waals surface area contributed by atoms with E-state index in [0.717, 1.165) is 70.6 Å². The van der Waals surface area contributed by atoms with Crippen LogP contribution in [-0.4, -0.2) is 75.6 Å². The first-order valence-electron chi connectivity index (χ1n) is 23.7. The number of ether oxygens (including phenoxy) is 2. The van der Waals surface area contributed by atoms with E-state index < -0.39 is 13.9 Å². The van der Waals surface area contributed by atoms with Crippen molar-refractivity contribution in [1.29, 1.82) is 0 Å². The van der Waals surface area contributed by atoms with Gasteiger partial charge < -0.3 is 18.9 Å². The fourth-order valence-corrected chi connectivity index (χ4v) is 6.84. The molecule has 0 aromatic carbocycles. The summed E-state index contributed by atoms with van der Waals surface area (Å²) in [6, 6.07) is 0. The summed E-state index contributed by atoms with van der Waals surface area (Å²) < 4.78 is 35.0.